The van der Waals surface area contributed by atoms with Crippen LogP contribution in [0.3, 0.4) is 0 Å². The van der Waals surface area contributed by atoms with Crippen molar-refractivity contribution in [3.63, 3.8) is 0 Å². The van der Waals surface area contributed by atoms with Crippen LogP contribution in [0.25, 0.3) is 0 Å². The van der Waals surface area contributed by atoms with E-state index in [2.05, 4.69) is 5.43 Å². The number of amides is 4. The molecule has 3 rings (SSSR count). The van der Waals surface area contributed by atoms with Crippen LogP contribution >= 0.6 is 0 Å². The number of carbonyl (C=O) groups excluding carboxylic acids is 4. The number of hydrogen-bond donors (Lipinski definition) is 1. The minimum atomic E-state index is -1.13. The van der Waals surface area contributed by atoms with Crippen LogP contribution in [-0.4, -0.2) is 41.8 Å². The van der Waals surface area contributed by atoms with Crippen LogP contribution < -0.4 is 15.1 Å². The largest absolute Gasteiger partial charge is 0.497 e. The minimum absolute atomic E-state index is 0.229. The summed E-state index contributed by atoms with van der Waals surface area (Å²) in [5, 5.41) is 1.02. The Hall–Kier alpha value is -3.68. The number of imide groups is 1. The number of methoxy groups -OCH3 is 1. The average molecular weight is 423 g/mol. The molecule has 0 spiro atoms. The standard InChI is InChI=1S/C23H25N3O5/c1-4-15(2)22(29)26(24-21(28)16-9-6-5-7-10-16)19-14-20(27)25(23(19)30)17-11-8-12-18(13-17)31-3/h5-13,15,19H,4,14H2,1-3H3,(H,24,28)/t15-,19+/m0/s1. The second-order valence-corrected chi connectivity index (χ2v) is 7.31. The Bertz CT molecular complexity index is 992. The fraction of sp³-hybridized carbons (Fsp3) is 0.304. The number of benzene rings is 2. The van der Waals surface area contributed by atoms with Gasteiger partial charge in [0, 0.05) is 17.5 Å². The van der Waals surface area contributed by atoms with Crippen LogP contribution in [0.15, 0.2) is 54.6 Å². The van der Waals surface area contributed by atoms with E-state index in [1.54, 1.807) is 61.5 Å². The Morgan fingerprint density at radius 1 is 1.16 bits per heavy atom. The van der Waals surface area contributed by atoms with E-state index >= 15 is 0 Å². The first-order chi connectivity index (χ1) is 14.9. The average Bonchev–Trinajstić information content (AvgIpc) is 3.10. The van der Waals surface area contributed by atoms with E-state index in [9.17, 15) is 19.2 Å². The molecule has 0 unspecified atom stereocenters. The van der Waals surface area contributed by atoms with Crippen LogP contribution in [0.5, 0.6) is 5.75 Å². The van der Waals surface area contributed by atoms with Gasteiger partial charge in [-0.1, -0.05) is 38.1 Å². The third-order valence-electron chi connectivity index (χ3n) is 5.28. The predicted molar refractivity (Wildman–Crippen MR) is 114 cm³/mol. The molecule has 4 amide bonds. The molecule has 1 N–H and O–H groups in total. The molecule has 2 atom stereocenters. The minimum Gasteiger partial charge on any atom is -0.497 e. The van der Waals surface area contributed by atoms with Gasteiger partial charge in [0.2, 0.25) is 11.8 Å². The first-order valence-corrected chi connectivity index (χ1v) is 10.1. The zero-order chi connectivity index (χ0) is 22.5. The van der Waals surface area contributed by atoms with Crippen molar-refractivity contribution in [3.05, 3.63) is 60.2 Å². The summed E-state index contributed by atoms with van der Waals surface area (Å²) < 4.78 is 5.17. The summed E-state index contributed by atoms with van der Waals surface area (Å²) in [7, 11) is 1.49. The molecular formula is C23H25N3O5. The molecule has 31 heavy (non-hydrogen) atoms. The third kappa shape index (κ3) is 4.58. The fourth-order valence-corrected chi connectivity index (χ4v) is 3.30. The highest BCUT2D eigenvalue weighted by Crippen LogP contribution is 2.28. The molecule has 8 heteroatoms. The zero-order valence-corrected chi connectivity index (χ0v) is 17.7. The van der Waals surface area contributed by atoms with Crippen molar-refractivity contribution >= 4 is 29.3 Å². The molecule has 0 aromatic heterocycles. The van der Waals surface area contributed by atoms with Gasteiger partial charge in [-0.3, -0.25) is 24.6 Å². The van der Waals surface area contributed by atoms with Gasteiger partial charge in [-0.25, -0.2) is 9.91 Å². The summed E-state index contributed by atoms with van der Waals surface area (Å²) >= 11 is 0. The lowest BCUT2D eigenvalue weighted by Gasteiger charge is -2.30. The number of nitrogens with one attached hydrogen (secondary N) is 1. The van der Waals surface area contributed by atoms with E-state index in [4.69, 9.17) is 4.74 Å². The number of hydrazine groups is 1. The molecule has 2 aromatic carbocycles. The summed E-state index contributed by atoms with van der Waals surface area (Å²) in [6.07, 6.45) is 0.290. The Morgan fingerprint density at radius 3 is 2.52 bits per heavy atom. The predicted octanol–water partition coefficient (Wildman–Crippen LogP) is 2.55. The van der Waals surface area contributed by atoms with Gasteiger partial charge in [0.25, 0.3) is 11.8 Å². The van der Waals surface area contributed by atoms with Crippen molar-refractivity contribution in [1.29, 1.82) is 0 Å². The van der Waals surface area contributed by atoms with Crippen LogP contribution in [-0.2, 0) is 14.4 Å². The highest BCUT2D eigenvalue weighted by atomic mass is 16.5. The van der Waals surface area contributed by atoms with Gasteiger partial charge in [0.05, 0.1) is 19.2 Å². The van der Waals surface area contributed by atoms with E-state index in [1.165, 1.54) is 7.11 Å². The molecule has 162 valence electrons. The Kier molecular flexibility index (Phi) is 6.69. The smallest absolute Gasteiger partial charge is 0.269 e. The van der Waals surface area contributed by atoms with E-state index < -0.39 is 35.6 Å². The molecule has 8 nitrogen and oxygen atoms in total. The molecule has 0 bridgehead atoms. The highest BCUT2D eigenvalue weighted by Gasteiger charge is 2.46. The Labute approximate surface area is 180 Å². The quantitative estimate of drug-likeness (QED) is 0.569. The second kappa shape index (κ2) is 9.42. The molecule has 1 aliphatic heterocycles. The van der Waals surface area contributed by atoms with E-state index in [-0.39, 0.29) is 6.42 Å². The summed E-state index contributed by atoms with van der Waals surface area (Å²) in [4.78, 5) is 52.7. The number of anilines is 1. The molecule has 2 aromatic rings. The molecule has 1 saturated heterocycles. The first kappa shape index (κ1) is 22.0. The van der Waals surface area contributed by atoms with Crippen molar-refractivity contribution in [2.24, 2.45) is 5.92 Å². The van der Waals surface area contributed by atoms with Gasteiger partial charge >= 0.3 is 0 Å². The van der Waals surface area contributed by atoms with Crippen molar-refractivity contribution in [3.8, 4) is 5.75 Å². The van der Waals surface area contributed by atoms with Crippen molar-refractivity contribution in [2.75, 3.05) is 12.0 Å². The SMILES string of the molecule is CC[C@H](C)C(=O)N(NC(=O)c1ccccc1)[C@@H]1CC(=O)N(c2cccc(OC)c2)C1=O. The van der Waals surface area contributed by atoms with Crippen molar-refractivity contribution < 1.29 is 23.9 Å². The molecule has 0 radical (unpaired) electrons. The lowest BCUT2D eigenvalue weighted by Crippen LogP contribution is -2.56. The van der Waals surface area contributed by atoms with Crippen molar-refractivity contribution in [2.45, 2.75) is 32.7 Å². The van der Waals surface area contributed by atoms with Crippen LogP contribution in [0.4, 0.5) is 5.69 Å². The zero-order valence-electron chi connectivity index (χ0n) is 17.7. The number of rotatable bonds is 6. The molecule has 0 saturated carbocycles. The fourth-order valence-electron chi connectivity index (χ4n) is 3.30. The van der Waals surface area contributed by atoms with Crippen LogP contribution in [0.1, 0.15) is 37.0 Å². The summed E-state index contributed by atoms with van der Waals surface area (Å²) in [6.45, 7) is 3.55. The molecule has 1 heterocycles. The highest BCUT2D eigenvalue weighted by molar-refractivity contribution is 6.23. The van der Waals surface area contributed by atoms with E-state index in [1.807, 2.05) is 6.92 Å². The summed E-state index contributed by atoms with van der Waals surface area (Å²) in [5.74, 6) is -1.94. The summed E-state index contributed by atoms with van der Waals surface area (Å²) in [6, 6.07) is 13.8. The van der Waals surface area contributed by atoms with Crippen molar-refractivity contribution in [1.82, 2.24) is 10.4 Å². The Balaban J connectivity index is 1.91. The van der Waals surface area contributed by atoms with Gasteiger partial charge in [-0.05, 0) is 30.7 Å². The Morgan fingerprint density at radius 2 is 1.87 bits per heavy atom. The topological polar surface area (TPSA) is 96.0 Å². The maximum Gasteiger partial charge on any atom is 0.269 e. The first-order valence-electron chi connectivity index (χ1n) is 10.1. The normalized spacial score (nSPS) is 16.7. The second-order valence-electron chi connectivity index (χ2n) is 7.31. The van der Waals surface area contributed by atoms with E-state index in [0.717, 1.165) is 9.91 Å². The lowest BCUT2D eigenvalue weighted by molar-refractivity contribution is -0.144. The van der Waals surface area contributed by atoms with E-state index in [0.29, 0.717) is 23.4 Å². The van der Waals surface area contributed by atoms with Crippen LogP contribution in [0.2, 0.25) is 0 Å². The number of carbonyl (C=O) groups is 4. The van der Waals surface area contributed by atoms with Gasteiger partial charge < -0.3 is 4.74 Å². The van der Waals surface area contributed by atoms with Gasteiger partial charge in [0.1, 0.15) is 11.8 Å². The number of hydrogen-bond acceptors (Lipinski definition) is 5. The molecular weight excluding hydrogens is 398 g/mol. The molecule has 0 aliphatic carbocycles. The van der Waals surface area contributed by atoms with Gasteiger partial charge in [-0.2, -0.15) is 0 Å². The van der Waals surface area contributed by atoms with Crippen LogP contribution in [0, 0.1) is 5.92 Å². The maximum absolute atomic E-state index is 13.2. The summed E-state index contributed by atoms with van der Waals surface area (Å²) in [5.41, 5.74) is 3.24. The van der Waals surface area contributed by atoms with Gasteiger partial charge in [0.15, 0.2) is 0 Å². The number of nitrogens with zero attached hydrogens (tertiary/aromatic N) is 2. The monoisotopic (exact) mass is 423 g/mol. The molecule has 1 aliphatic rings. The maximum atomic E-state index is 13.2. The molecule has 1 fully saturated rings. The third-order valence-corrected chi connectivity index (χ3v) is 5.28. The lowest BCUT2D eigenvalue weighted by atomic mass is 10.1. The van der Waals surface area contributed by atoms with Gasteiger partial charge in [-0.15, -0.1) is 0 Å². The number of ether oxygens (including phenoxy) is 1.